The fourth-order valence-electron chi connectivity index (χ4n) is 4.75. The Morgan fingerprint density at radius 3 is 2.63 bits per heavy atom. The van der Waals surface area contributed by atoms with Crippen LogP contribution >= 0.6 is 0 Å². The van der Waals surface area contributed by atoms with E-state index in [-0.39, 0.29) is 23.1 Å². The molecule has 2 heterocycles. The summed E-state index contributed by atoms with van der Waals surface area (Å²) in [4.78, 5) is 20.3. The molecule has 0 saturated heterocycles. The lowest BCUT2D eigenvalue weighted by Gasteiger charge is -2.23. The number of sulfone groups is 1. The third kappa shape index (κ3) is 6.27. The largest absolute Gasteiger partial charge is 0.481 e. The molecule has 13 heteroatoms. The van der Waals surface area contributed by atoms with Crippen LogP contribution < -0.4 is 4.74 Å². The van der Waals surface area contributed by atoms with Gasteiger partial charge in [-0.1, -0.05) is 36.4 Å². The SMILES string of the molecule is CC(O)(c1cccc(CCC(=O)O)c1)c1cnc(-c2cccc(Oc3c(F)cc4[nH]ccc4c3S(=O)(=O)CC(F)F)c2)[nH]1. The number of fused-ring (bicyclic) bond motifs is 1. The number of carbonyl (C=O) groups is 1. The first kappa shape index (κ1) is 29.9. The Morgan fingerprint density at radius 1 is 1.12 bits per heavy atom. The number of benzene rings is 3. The van der Waals surface area contributed by atoms with Crippen molar-refractivity contribution in [1.82, 2.24) is 15.0 Å². The van der Waals surface area contributed by atoms with Crippen LogP contribution in [0.25, 0.3) is 22.3 Å². The number of aromatic nitrogens is 3. The predicted molar refractivity (Wildman–Crippen MR) is 151 cm³/mol. The first-order valence-electron chi connectivity index (χ1n) is 13.0. The van der Waals surface area contributed by atoms with Crippen molar-refractivity contribution in [1.29, 1.82) is 0 Å². The minimum atomic E-state index is -4.65. The molecular weight excluding hydrogens is 587 g/mol. The molecule has 224 valence electrons. The van der Waals surface area contributed by atoms with E-state index in [2.05, 4.69) is 15.0 Å². The molecule has 0 amide bonds. The predicted octanol–water partition coefficient (Wildman–Crippen LogP) is 5.80. The first-order chi connectivity index (χ1) is 20.3. The molecule has 4 N–H and O–H groups in total. The van der Waals surface area contributed by atoms with E-state index in [1.807, 2.05) is 0 Å². The summed E-state index contributed by atoms with van der Waals surface area (Å²) in [5.41, 5.74) is 0.597. The first-order valence-corrected chi connectivity index (χ1v) is 14.7. The van der Waals surface area contributed by atoms with Gasteiger partial charge in [0, 0.05) is 35.2 Å². The van der Waals surface area contributed by atoms with Gasteiger partial charge < -0.3 is 24.9 Å². The number of aliphatic hydroxyl groups is 1. The van der Waals surface area contributed by atoms with Crippen molar-refractivity contribution in [3.63, 3.8) is 0 Å². The second kappa shape index (κ2) is 11.6. The smallest absolute Gasteiger partial charge is 0.303 e. The topological polar surface area (TPSA) is 145 Å². The van der Waals surface area contributed by atoms with Gasteiger partial charge in [0.15, 0.2) is 21.4 Å². The minimum Gasteiger partial charge on any atom is -0.481 e. The number of aliphatic carboxylic acids is 1. The van der Waals surface area contributed by atoms with Crippen LogP contribution in [0.5, 0.6) is 11.5 Å². The second-order valence-corrected chi connectivity index (χ2v) is 12.0. The number of hydrogen-bond acceptors (Lipinski definition) is 6. The Kier molecular flexibility index (Phi) is 8.04. The Bertz CT molecular complexity index is 1920. The van der Waals surface area contributed by atoms with E-state index in [9.17, 15) is 27.1 Å². The second-order valence-electron chi connectivity index (χ2n) is 10.1. The molecule has 43 heavy (non-hydrogen) atoms. The lowest BCUT2D eigenvalue weighted by molar-refractivity contribution is -0.136. The highest BCUT2D eigenvalue weighted by molar-refractivity contribution is 7.91. The Hall–Kier alpha value is -4.62. The molecule has 0 radical (unpaired) electrons. The maximum Gasteiger partial charge on any atom is 0.303 e. The number of alkyl halides is 2. The number of carboxylic acids is 1. The molecule has 0 aliphatic heterocycles. The van der Waals surface area contributed by atoms with Crippen LogP contribution in [0.4, 0.5) is 13.2 Å². The van der Waals surface area contributed by atoms with Gasteiger partial charge in [-0.05, 0) is 42.7 Å². The van der Waals surface area contributed by atoms with Crippen LogP contribution in [0.1, 0.15) is 30.2 Å². The monoisotopic (exact) mass is 613 g/mol. The number of hydrogen-bond donors (Lipinski definition) is 4. The van der Waals surface area contributed by atoms with Crippen LogP contribution in [-0.2, 0) is 26.7 Å². The molecule has 0 spiro atoms. The van der Waals surface area contributed by atoms with Crippen molar-refractivity contribution in [2.45, 2.75) is 36.7 Å². The molecule has 0 saturated carbocycles. The van der Waals surface area contributed by atoms with Gasteiger partial charge in [-0.2, -0.15) is 0 Å². The van der Waals surface area contributed by atoms with Crippen molar-refractivity contribution in [2.24, 2.45) is 0 Å². The zero-order valence-electron chi connectivity index (χ0n) is 22.6. The number of aryl methyl sites for hydroxylation is 1. The van der Waals surface area contributed by atoms with E-state index >= 15 is 4.39 Å². The standard InChI is InChI=1S/C30H26F3N3O6S/c1-30(39,19-6-2-4-17(12-19)8-9-26(37)38)24-15-35-29(36-24)18-5-3-7-20(13-18)42-27-22(31)14-23-21(10-11-34-23)28(27)43(40,41)16-25(32)33/h2-7,10-15,25,34,39H,8-9,16H2,1H3,(H,35,36)(H,37,38). The summed E-state index contributed by atoms with van der Waals surface area (Å²) in [6, 6.07) is 15.4. The molecule has 5 rings (SSSR count). The zero-order chi connectivity index (χ0) is 30.9. The quantitative estimate of drug-likeness (QED) is 0.147. The molecule has 0 aliphatic rings. The Labute approximate surface area is 243 Å². The van der Waals surface area contributed by atoms with E-state index in [0.29, 0.717) is 29.1 Å². The highest BCUT2D eigenvalue weighted by Gasteiger charge is 2.31. The fourth-order valence-corrected chi connectivity index (χ4v) is 6.19. The molecule has 1 atom stereocenters. The number of aromatic amines is 2. The molecule has 1 unspecified atom stereocenters. The van der Waals surface area contributed by atoms with Crippen molar-refractivity contribution in [3.8, 4) is 22.9 Å². The van der Waals surface area contributed by atoms with Gasteiger partial charge in [0.05, 0.1) is 11.9 Å². The van der Waals surface area contributed by atoms with Crippen molar-refractivity contribution in [2.75, 3.05) is 5.75 Å². The third-order valence-corrected chi connectivity index (χ3v) is 8.64. The summed E-state index contributed by atoms with van der Waals surface area (Å²) < 4.78 is 73.0. The zero-order valence-corrected chi connectivity index (χ0v) is 23.5. The molecular formula is C30H26F3N3O6S. The van der Waals surface area contributed by atoms with Gasteiger partial charge in [-0.25, -0.2) is 26.6 Å². The average Bonchev–Trinajstić information content (AvgIpc) is 3.62. The van der Waals surface area contributed by atoms with Crippen LogP contribution in [0.2, 0.25) is 0 Å². The number of nitrogens with one attached hydrogen (secondary N) is 2. The molecule has 3 aromatic carbocycles. The number of H-pyrrole nitrogens is 2. The fraction of sp³-hybridized carbons (Fsp3) is 0.200. The number of nitrogens with zero attached hydrogens (tertiary/aromatic N) is 1. The molecule has 9 nitrogen and oxygen atoms in total. The van der Waals surface area contributed by atoms with Gasteiger partial charge in [0.25, 0.3) is 6.43 Å². The lowest BCUT2D eigenvalue weighted by Crippen LogP contribution is -2.23. The maximum absolute atomic E-state index is 15.2. The van der Waals surface area contributed by atoms with Gasteiger partial charge in [-0.15, -0.1) is 0 Å². The molecule has 0 fully saturated rings. The lowest BCUT2D eigenvalue weighted by atomic mass is 9.91. The van der Waals surface area contributed by atoms with Gasteiger partial charge in [-0.3, -0.25) is 4.79 Å². The summed E-state index contributed by atoms with van der Waals surface area (Å²) in [5.74, 6) is -3.90. The van der Waals surface area contributed by atoms with Gasteiger partial charge in [0.2, 0.25) is 0 Å². The van der Waals surface area contributed by atoms with Gasteiger partial charge in [0.1, 0.15) is 27.8 Å². The number of ether oxygens (including phenoxy) is 1. The normalized spacial score (nSPS) is 13.3. The maximum atomic E-state index is 15.2. The van der Waals surface area contributed by atoms with E-state index in [1.165, 1.54) is 30.6 Å². The molecule has 2 aromatic heterocycles. The van der Waals surface area contributed by atoms with Crippen molar-refractivity contribution < 1.29 is 41.3 Å². The van der Waals surface area contributed by atoms with Crippen LogP contribution in [0.15, 0.2) is 78.0 Å². The Morgan fingerprint density at radius 2 is 1.88 bits per heavy atom. The van der Waals surface area contributed by atoms with Gasteiger partial charge >= 0.3 is 5.97 Å². The van der Waals surface area contributed by atoms with Crippen molar-refractivity contribution >= 4 is 26.7 Å². The van der Waals surface area contributed by atoms with E-state index < -0.39 is 50.0 Å². The summed E-state index contributed by atoms with van der Waals surface area (Å²) in [6.07, 6.45) is -0.146. The van der Waals surface area contributed by atoms with Crippen LogP contribution in [0.3, 0.4) is 0 Å². The molecule has 5 aromatic rings. The van der Waals surface area contributed by atoms with E-state index in [1.54, 1.807) is 43.3 Å². The number of halogens is 3. The van der Waals surface area contributed by atoms with Crippen molar-refractivity contribution in [3.05, 3.63) is 95.7 Å². The van der Waals surface area contributed by atoms with Crippen LogP contribution in [-0.4, -0.2) is 51.7 Å². The highest BCUT2D eigenvalue weighted by Crippen LogP contribution is 2.39. The van der Waals surface area contributed by atoms with Crippen LogP contribution in [0, 0.1) is 5.82 Å². The Balaban J connectivity index is 1.46. The highest BCUT2D eigenvalue weighted by atomic mass is 32.2. The number of imidazole rings is 1. The van der Waals surface area contributed by atoms with E-state index in [0.717, 1.165) is 11.6 Å². The average molecular weight is 614 g/mol. The summed E-state index contributed by atoms with van der Waals surface area (Å²) in [7, 11) is -4.65. The molecule has 0 bridgehead atoms. The molecule has 0 aliphatic carbocycles. The number of carboxylic acid groups (broad SMARTS) is 1. The minimum absolute atomic E-state index is 0.00984. The summed E-state index contributed by atoms with van der Waals surface area (Å²) >= 11 is 0. The number of rotatable bonds is 11. The summed E-state index contributed by atoms with van der Waals surface area (Å²) in [6.45, 7) is 1.56. The van der Waals surface area contributed by atoms with E-state index in [4.69, 9.17) is 9.84 Å². The summed E-state index contributed by atoms with van der Waals surface area (Å²) in [5, 5.41) is 20.4. The third-order valence-electron chi connectivity index (χ3n) is 6.92.